The van der Waals surface area contributed by atoms with Crippen molar-refractivity contribution in [2.75, 3.05) is 0 Å². The number of rotatable bonds is 4. The van der Waals surface area contributed by atoms with Crippen LogP contribution in [0.1, 0.15) is 27.7 Å². The molecule has 1 atom stereocenters. The molecule has 0 amide bonds. The first kappa shape index (κ1) is 10.8. The van der Waals surface area contributed by atoms with E-state index < -0.39 is 13.3 Å². The minimum absolute atomic E-state index is 0.500. The fourth-order valence-electron chi connectivity index (χ4n) is 1.59. The van der Waals surface area contributed by atoms with Crippen LogP contribution in [0, 0.1) is 0 Å². The van der Waals surface area contributed by atoms with Gasteiger partial charge in [0.2, 0.25) is 0 Å². The van der Waals surface area contributed by atoms with E-state index in [9.17, 15) is 0 Å². The SMILES string of the molecule is C[CH2][Ge]([CH2]C)([CH2]C)[CH](C)Cl. The van der Waals surface area contributed by atoms with E-state index in [0.29, 0.717) is 4.21 Å². The number of hydrogen-bond donors (Lipinski definition) is 0. The van der Waals surface area contributed by atoms with Crippen molar-refractivity contribution >= 4 is 24.9 Å². The summed E-state index contributed by atoms with van der Waals surface area (Å²) in [4.78, 5) is 0. The van der Waals surface area contributed by atoms with Gasteiger partial charge in [0.25, 0.3) is 0 Å². The first-order valence-electron chi connectivity index (χ1n) is 4.27. The van der Waals surface area contributed by atoms with Crippen LogP contribution in [0.2, 0.25) is 15.8 Å². The van der Waals surface area contributed by atoms with E-state index in [2.05, 4.69) is 27.7 Å². The average molecular weight is 223 g/mol. The summed E-state index contributed by atoms with van der Waals surface area (Å²) in [6, 6.07) is 0. The van der Waals surface area contributed by atoms with Gasteiger partial charge in [0.15, 0.2) is 0 Å². The third-order valence-corrected chi connectivity index (χ3v) is 17.8. The van der Waals surface area contributed by atoms with E-state index in [4.69, 9.17) is 11.6 Å². The Kier molecular flexibility index (Phi) is 5.05. The zero-order valence-corrected chi connectivity index (χ0v) is 10.4. The molecule has 0 aliphatic heterocycles. The molecule has 0 aromatic carbocycles. The molecule has 0 nitrogen and oxygen atoms in total. The van der Waals surface area contributed by atoms with E-state index in [1.165, 1.54) is 15.8 Å². The molecular weight excluding hydrogens is 204 g/mol. The number of halogens is 1. The van der Waals surface area contributed by atoms with Gasteiger partial charge in [0, 0.05) is 0 Å². The van der Waals surface area contributed by atoms with Crippen molar-refractivity contribution in [1.82, 2.24) is 0 Å². The van der Waals surface area contributed by atoms with Gasteiger partial charge in [-0.05, 0) is 0 Å². The molecule has 1 unspecified atom stereocenters. The van der Waals surface area contributed by atoms with Gasteiger partial charge < -0.3 is 0 Å². The van der Waals surface area contributed by atoms with E-state index in [0.717, 1.165) is 0 Å². The van der Waals surface area contributed by atoms with Gasteiger partial charge >= 0.3 is 72.5 Å². The zero-order chi connectivity index (χ0) is 8.20. The van der Waals surface area contributed by atoms with E-state index >= 15 is 0 Å². The maximum atomic E-state index is 6.18. The Balaban J connectivity index is 4.15. The van der Waals surface area contributed by atoms with E-state index in [1.54, 1.807) is 0 Å². The summed E-state index contributed by atoms with van der Waals surface area (Å²) < 4.78 is 0.500. The Hall–Kier alpha value is 0.833. The zero-order valence-electron chi connectivity index (χ0n) is 7.58. The molecule has 0 fully saturated rings. The molecule has 10 heavy (non-hydrogen) atoms. The molecule has 0 aromatic heterocycles. The molecule has 2 heteroatoms. The molecule has 0 aromatic rings. The van der Waals surface area contributed by atoms with Crippen molar-refractivity contribution in [2.45, 2.75) is 47.7 Å². The summed E-state index contributed by atoms with van der Waals surface area (Å²) >= 11 is 4.66. The van der Waals surface area contributed by atoms with Crippen molar-refractivity contribution in [3.05, 3.63) is 0 Å². The minimum atomic E-state index is -1.53. The normalized spacial score (nSPS) is 15.3. The first-order valence-corrected chi connectivity index (χ1v) is 10.4. The quantitative estimate of drug-likeness (QED) is 0.504. The molecule has 0 N–H and O–H groups in total. The predicted molar refractivity (Wildman–Crippen MR) is 52.5 cm³/mol. The molecule has 0 heterocycles. The van der Waals surface area contributed by atoms with Crippen LogP contribution < -0.4 is 0 Å². The van der Waals surface area contributed by atoms with Gasteiger partial charge in [-0.15, -0.1) is 0 Å². The number of hydrogen-bond acceptors (Lipinski definition) is 0. The third kappa shape index (κ3) is 2.16. The van der Waals surface area contributed by atoms with E-state index in [1.807, 2.05) is 0 Å². The molecule has 0 aliphatic rings. The van der Waals surface area contributed by atoms with Gasteiger partial charge in [-0.2, -0.15) is 0 Å². The second-order valence-electron chi connectivity index (χ2n) is 3.04. The maximum absolute atomic E-state index is 6.18. The van der Waals surface area contributed by atoms with Crippen molar-refractivity contribution in [3.8, 4) is 0 Å². The van der Waals surface area contributed by atoms with Gasteiger partial charge in [-0.1, -0.05) is 0 Å². The van der Waals surface area contributed by atoms with Crippen molar-refractivity contribution in [3.63, 3.8) is 0 Å². The fraction of sp³-hybridized carbons (Fsp3) is 1.00. The van der Waals surface area contributed by atoms with E-state index in [-0.39, 0.29) is 0 Å². The van der Waals surface area contributed by atoms with Crippen LogP contribution >= 0.6 is 11.6 Å². The Morgan fingerprint density at radius 2 is 1.40 bits per heavy atom. The molecule has 0 bridgehead atoms. The Bertz CT molecular complexity index is 79.0. The molecule has 0 radical (unpaired) electrons. The molecule has 0 spiro atoms. The van der Waals surface area contributed by atoms with Crippen LogP contribution in [0.4, 0.5) is 0 Å². The molecule has 62 valence electrons. The van der Waals surface area contributed by atoms with Gasteiger partial charge in [0.1, 0.15) is 0 Å². The summed E-state index contributed by atoms with van der Waals surface area (Å²) in [6.45, 7) is 9.13. The standard InChI is InChI=1S/C8H19ClGe/c1-5-10(6-2,7-3)8(4)9/h8H,5-7H2,1-4H3. The van der Waals surface area contributed by atoms with Crippen LogP contribution in [0.3, 0.4) is 0 Å². The second-order valence-corrected chi connectivity index (χ2v) is 16.4. The van der Waals surface area contributed by atoms with Crippen LogP contribution in [0.25, 0.3) is 0 Å². The van der Waals surface area contributed by atoms with Gasteiger partial charge in [0.05, 0.1) is 0 Å². The van der Waals surface area contributed by atoms with Crippen LogP contribution in [0.5, 0.6) is 0 Å². The Morgan fingerprint density at radius 1 is 1.10 bits per heavy atom. The summed E-state index contributed by atoms with van der Waals surface area (Å²) in [6.07, 6.45) is 0. The summed E-state index contributed by atoms with van der Waals surface area (Å²) in [7, 11) is 0. The predicted octanol–water partition coefficient (Wildman–Crippen LogP) is 3.66. The third-order valence-electron chi connectivity index (χ3n) is 2.96. The van der Waals surface area contributed by atoms with Crippen molar-refractivity contribution < 1.29 is 0 Å². The van der Waals surface area contributed by atoms with Crippen molar-refractivity contribution in [1.29, 1.82) is 0 Å². The molecule has 0 rings (SSSR count). The fourth-order valence-corrected chi connectivity index (χ4v) is 10.7. The van der Waals surface area contributed by atoms with Crippen LogP contribution in [0.15, 0.2) is 0 Å². The summed E-state index contributed by atoms with van der Waals surface area (Å²) in [5, 5.41) is 4.16. The Morgan fingerprint density at radius 3 is 1.40 bits per heavy atom. The van der Waals surface area contributed by atoms with Gasteiger partial charge in [-0.25, -0.2) is 0 Å². The summed E-state index contributed by atoms with van der Waals surface area (Å²) in [5.74, 6) is 0. The number of alkyl halides is 1. The first-order chi connectivity index (χ1) is 4.63. The topological polar surface area (TPSA) is 0 Å². The van der Waals surface area contributed by atoms with Crippen molar-refractivity contribution in [2.24, 2.45) is 0 Å². The average Bonchev–Trinajstić information content (AvgIpc) is 1.92. The van der Waals surface area contributed by atoms with Crippen LogP contribution in [-0.4, -0.2) is 17.5 Å². The van der Waals surface area contributed by atoms with Crippen LogP contribution in [-0.2, 0) is 0 Å². The molecule has 0 aliphatic carbocycles. The molecule has 0 saturated carbocycles. The Labute approximate surface area is 72.7 Å². The monoisotopic (exact) mass is 224 g/mol. The molecule has 0 saturated heterocycles. The van der Waals surface area contributed by atoms with Gasteiger partial charge in [-0.3, -0.25) is 0 Å². The summed E-state index contributed by atoms with van der Waals surface area (Å²) in [5.41, 5.74) is 0. The molecular formula is C8H19ClGe. The second kappa shape index (κ2) is 4.66.